The van der Waals surface area contributed by atoms with E-state index in [-0.39, 0.29) is 11.5 Å². The Bertz CT molecular complexity index is 896. The zero-order valence-corrected chi connectivity index (χ0v) is 18.7. The third kappa shape index (κ3) is 4.38. The smallest absolute Gasteiger partial charge is 0.224 e. The SMILES string of the molecule is Cc1cc(C)n(CCC(=O)N2Cc3ccccc3OC3(CCN(C(C)C)CC3)C2)n1. The number of hydrogen-bond acceptors (Lipinski definition) is 4. The van der Waals surface area contributed by atoms with E-state index in [1.165, 1.54) is 0 Å². The van der Waals surface area contributed by atoms with E-state index in [1.807, 2.05) is 35.6 Å². The zero-order valence-electron chi connectivity index (χ0n) is 18.7. The fraction of sp³-hybridized carbons (Fsp3) is 0.583. The molecule has 3 heterocycles. The highest BCUT2D eigenvalue weighted by Crippen LogP contribution is 2.36. The van der Waals surface area contributed by atoms with Crippen molar-refractivity contribution in [2.75, 3.05) is 19.6 Å². The second-order valence-electron chi connectivity index (χ2n) is 9.17. The summed E-state index contributed by atoms with van der Waals surface area (Å²) in [7, 11) is 0. The number of carbonyl (C=O) groups excluding carboxylic acids is 1. The molecule has 6 nitrogen and oxygen atoms in total. The van der Waals surface area contributed by atoms with Gasteiger partial charge in [0.1, 0.15) is 11.4 Å². The molecule has 0 radical (unpaired) electrons. The molecule has 0 N–H and O–H groups in total. The highest BCUT2D eigenvalue weighted by molar-refractivity contribution is 5.76. The molecule has 1 aromatic heterocycles. The first-order valence-electron chi connectivity index (χ1n) is 11.1. The Morgan fingerprint density at radius 2 is 1.93 bits per heavy atom. The molecule has 1 aromatic carbocycles. The quantitative estimate of drug-likeness (QED) is 0.773. The average molecular weight is 411 g/mol. The summed E-state index contributed by atoms with van der Waals surface area (Å²) in [6, 6.07) is 10.8. The molecule has 2 aromatic rings. The molecule has 1 saturated heterocycles. The fourth-order valence-corrected chi connectivity index (χ4v) is 4.75. The summed E-state index contributed by atoms with van der Waals surface area (Å²) in [6.07, 6.45) is 2.35. The van der Waals surface area contributed by atoms with Gasteiger partial charge in [-0.1, -0.05) is 18.2 Å². The molecule has 30 heavy (non-hydrogen) atoms. The Balaban J connectivity index is 1.52. The lowest BCUT2D eigenvalue weighted by Crippen LogP contribution is -2.55. The van der Waals surface area contributed by atoms with Gasteiger partial charge in [-0.05, 0) is 39.8 Å². The van der Waals surface area contributed by atoms with E-state index >= 15 is 0 Å². The van der Waals surface area contributed by atoms with Crippen LogP contribution in [0.3, 0.4) is 0 Å². The Hall–Kier alpha value is -2.34. The summed E-state index contributed by atoms with van der Waals surface area (Å²) in [6.45, 7) is 12.4. The van der Waals surface area contributed by atoms with Crippen LogP contribution in [0.4, 0.5) is 0 Å². The minimum Gasteiger partial charge on any atom is -0.485 e. The van der Waals surface area contributed by atoms with E-state index in [9.17, 15) is 4.79 Å². The van der Waals surface area contributed by atoms with Gasteiger partial charge in [0, 0.05) is 62.7 Å². The van der Waals surface area contributed by atoms with Crippen molar-refractivity contribution >= 4 is 5.91 Å². The molecule has 4 rings (SSSR count). The molecule has 0 bridgehead atoms. The van der Waals surface area contributed by atoms with Gasteiger partial charge in [-0.15, -0.1) is 0 Å². The Kier molecular flexibility index (Phi) is 5.87. The van der Waals surface area contributed by atoms with Crippen molar-refractivity contribution in [3.63, 3.8) is 0 Å². The number of aryl methyl sites for hydroxylation is 3. The van der Waals surface area contributed by atoms with Crippen molar-refractivity contribution < 1.29 is 9.53 Å². The number of nitrogens with zero attached hydrogens (tertiary/aromatic N) is 4. The molecule has 0 unspecified atom stereocenters. The van der Waals surface area contributed by atoms with Crippen molar-refractivity contribution in [2.45, 2.75) is 71.7 Å². The first-order valence-corrected chi connectivity index (χ1v) is 11.1. The molecule has 6 heteroatoms. The van der Waals surface area contributed by atoms with E-state index in [1.54, 1.807) is 0 Å². The Labute approximate surface area is 179 Å². The fourth-order valence-electron chi connectivity index (χ4n) is 4.75. The van der Waals surface area contributed by atoms with Gasteiger partial charge in [-0.2, -0.15) is 5.10 Å². The van der Waals surface area contributed by atoms with Crippen LogP contribution in [0.5, 0.6) is 5.75 Å². The van der Waals surface area contributed by atoms with Crippen molar-refractivity contribution in [2.24, 2.45) is 0 Å². The molecule has 1 spiro atoms. The van der Waals surface area contributed by atoms with Gasteiger partial charge in [0.2, 0.25) is 5.91 Å². The number of piperidine rings is 1. The van der Waals surface area contributed by atoms with Crippen LogP contribution in [0, 0.1) is 13.8 Å². The second-order valence-corrected chi connectivity index (χ2v) is 9.17. The van der Waals surface area contributed by atoms with E-state index in [4.69, 9.17) is 4.74 Å². The molecule has 0 atom stereocenters. The van der Waals surface area contributed by atoms with Crippen LogP contribution in [0.15, 0.2) is 30.3 Å². The maximum absolute atomic E-state index is 13.3. The van der Waals surface area contributed by atoms with E-state index in [0.717, 1.165) is 48.6 Å². The molecule has 1 fully saturated rings. The number of carbonyl (C=O) groups is 1. The maximum Gasteiger partial charge on any atom is 0.224 e. The summed E-state index contributed by atoms with van der Waals surface area (Å²) >= 11 is 0. The first kappa shape index (κ1) is 20.9. The van der Waals surface area contributed by atoms with Gasteiger partial charge in [0.15, 0.2) is 0 Å². The van der Waals surface area contributed by atoms with Crippen molar-refractivity contribution in [3.05, 3.63) is 47.3 Å². The third-order valence-corrected chi connectivity index (χ3v) is 6.57. The monoisotopic (exact) mass is 410 g/mol. The Morgan fingerprint density at radius 1 is 1.20 bits per heavy atom. The minimum absolute atomic E-state index is 0.175. The molecule has 0 saturated carbocycles. The number of fused-ring (bicyclic) bond motifs is 1. The van der Waals surface area contributed by atoms with Gasteiger partial charge in [0.25, 0.3) is 0 Å². The third-order valence-electron chi connectivity index (χ3n) is 6.57. The number of para-hydroxylation sites is 1. The number of rotatable bonds is 4. The van der Waals surface area contributed by atoms with Crippen LogP contribution in [0.25, 0.3) is 0 Å². The van der Waals surface area contributed by atoms with Crippen LogP contribution < -0.4 is 4.74 Å². The standard InChI is InChI=1S/C24H34N4O2/c1-18(2)26-13-10-24(11-14-26)17-27(16-21-7-5-6-8-22(21)30-24)23(29)9-12-28-20(4)15-19(3)25-28/h5-8,15,18H,9-14,16-17H2,1-4H3. The summed E-state index contributed by atoms with van der Waals surface area (Å²) < 4.78 is 8.58. The molecular formula is C24H34N4O2. The largest absolute Gasteiger partial charge is 0.485 e. The number of likely N-dealkylation sites (tertiary alicyclic amines) is 1. The average Bonchev–Trinajstić information content (AvgIpc) is 2.94. The topological polar surface area (TPSA) is 50.6 Å². The van der Waals surface area contributed by atoms with Gasteiger partial charge in [-0.25, -0.2) is 0 Å². The van der Waals surface area contributed by atoms with E-state index in [0.29, 0.717) is 32.1 Å². The van der Waals surface area contributed by atoms with E-state index in [2.05, 4.69) is 42.0 Å². The summed E-state index contributed by atoms with van der Waals surface area (Å²) in [4.78, 5) is 17.8. The number of ether oxygens (including phenoxy) is 1. The lowest BCUT2D eigenvalue weighted by Gasteiger charge is -2.44. The number of hydrogen-bond donors (Lipinski definition) is 0. The van der Waals surface area contributed by atoms with Crippen LogP contribution in [0.1, 0.15) is 50.1 Å². The van der Waals surface area contributed by atoms with Crippen LogP contribution in [-0.2, 0) is 17.9 Å². The molecule has 1 amide bonds. The molecule has 2 aliphatic rings. The van der Waals surface area contributed by atoms with Crippen molar-refractivity contribution in [1.29, 1.82) is 0 Å². The van der Waals surface area contributed by atoms with Crippen LogP contribution in [-0.4, -0.2) is 56.8 Å². The van der Waals surface area contributed by atoms with E-state index < -0.39 is 0 Å². The van der Waals surface area contributed by atoms with Gasteiger partial charge in [-0.3, -0.25) is 9.48 Å². The molecule has 2 aliphatic heterocycles. The van der Waals surface area contributed by atoms with Gasteiger partial charge in [0.05, 0.1) is 12.2 Å². The summed E-state index contributed by atoms with van der Waals surface area (Å²) in [5, 5.41) is 4.51. The maximum atomic E-state index is 13.3. The number of amides is 1. The molecule has 0 aliphatic carbocycles. The molecular weight excluding hydrogens is 376 g/mol. The number of benzene rings is 1. The first-order chi connectivity index (χ1) is 14.3. The normalized spacial score (nSPS) is 18.9. The predicted molar refractivity (Wildman–Crippen MR) is 117 cm³/mol. The van der Waals surface area contributed by atoms with Crippen molar-refractivity contribution in [1.82, 2.24) is 19.6 Å². The van der Waals surface area contributed by atoms with Crippen molar-refractivity contribution in [3.8, 4) is 5.75 Å². The lowest BCUT2D eigenvalue weighted by molar-refractivity contribution is -0.135. The van der Waals surface area contributed by atoms with Gasteiger partial charge >= 0.3 is 0 Å². The van der Waals surface area contributed by atoms with Gasteiger partial charge < -0.3 is 14.5 Å². The summed E-state index contributed by atoms with van der Waals surface area (Å²) in [5.74, 6) is 1.11. The predicted octanol–water partition coefficient (Wildman–Crippen LogP) is 3.55. The highest BCUT2D eigenvalue weighted by atomic mass is 16.5. The highest BCUT2D eigenvalue weighted by Gasteiger charge is 2.42. The molecule has 162 valence electrons. The minimum atomic E-state index is -0.300. The Morgan fingerprint density at radius 3 is 2.60 bits per heavy atom. The zero-order chi connectivity index (χ0) is 21.3. The summed E-state index contributed by atoms with van der Waals surface area (Å²) in [5.41, 5.74) is 2.89. The second kappa shape index (κ2) is 8.42. The lowest BCUT2D eigenvalue weighted by atomic mass is 9.89. The van der Waals surface area contributed by atoms with Crippen LogP contribution in [0.2, 0.25) is 0 Å². The van der Waals surface area contributed by atoms with Crippen LogP contribution >= 0.6 is 0 Å². The number of aromatic nitrogens is 2.